The summed E-state index contributed by atoms with van der Waals surface area (Å²) in [7, 11) is 2.05. The van der Waals surface area contributed by atoms with Gasteiger partial charge in [-0.3, -0.25) is 0 Å². The van der Waals surface area contributed by atoms with E-state index in [2.05, 4.69) is 52.0 Å². The van der Waals surface area contributed by atoms with E-state index in [1.54, 1.807) is 12.1 Å². The van der Waals surface area contributed by atoms with Gasteiger partial charge in [-0.15, -0.1) is 0 Å². The molecule has 0 saturated carbocycles. The van der Waals surface area contributed by atoms with Crippen molar-refractivity contribution in [1.29, 1.82) is 0 Å². The van der Waals surface area contributed by atoms with Crippen molar-refractivity contribution in [1.82, 2.24) is 4.57 Å². The maximum atomic E-state index is 12.4. The quantitative estimate of drug-likeness (QED) is 0.661. The number of aryl methyl sites for hydroxylation is 2. The topological polar surface area (TPSA) is 17.4 Å². The Balaban J connectivity index is 1.69. The maximum Gasteiger partial charge on any atom is 0.387 e. The van der Waals surface area contributed by atoms with Crippen molar-refractivity contribution < 1.29 is 13.5 Å². The molecule has 4 rings (SSSR count). The number of hydrogen-bond donors (Lipinski definition) is 0. The second kappa shape index (κ2) is 5.62. The third-order valence-electron chi connectivity index (χ3n) is 4.85. The van der Waals surface area contributed by atoms with Crippen LogP contribution in [0.2, 0.25) is 0 Å². The number of ether oxygens (including phenoxy) is 1. The first-order valence-electron chi connectivity index (χ1n) is 8.04. The van der Waals surface area contributed by atoms with Gasteiger partial charge in [0.2, 0.25) is 0 Å². The van der Waals surface area contributed by atoms with Crippen LogP contribution in [0.15, 0.2) is 49.0 Å². The summed E-state index contributed by atoms with van der Waals surface area (Å²) in [5.74, 6) is 0.158. The summed E-state index contributed by atoms with van der Waals surface area (Å²) in [4.78, 5) is 2.10. The van der Waals surface area contributed by atoms with Gasteiger partial charge < -0.3 is 14.2 Å². The highest BCUT2D eigenvalue weighted by atomic mass is 19.3. The molecule has 1 aliphatic rings. The molecule has 0 bridgehead atoms. The molecule has 0 amide bonds. The molecule has 25 heavy (non-hydrogen) atoms. The van der Waals surface area contributed by atoms with Crippen molar-refractivity contribution in [3.8, 4) is 5.75 Å². The molecule has 2 heterocycles. The number of nitrogens with zero attached hydrogens (tertiary/aromatic N) is 2. The summed E-state index contributed by atoms with van der Waals surface area (Å²) in [6.07, 6.45) is 0. The highest BCUT2D eigenvalue weighted by molar-refractivity contribution is 5.90. The van der Waals surface area contributed by atoms with Crippen LogP contribution in [0.5, 0.6) is 5.75 Å². The lowest BCUT2D eigenvalue weighted by molar-refractivity contribution is -0.0498. The molecule has 0 aliphatic carbocycles. The fraction of sp³-hybridized carbons (Fsp3) is 0.200. The predicted octanol–water partition coefficient (Wildman–Crippen LogP) is 5.08. The highest BCUT2D eigenvalue weighted by Crippen LogP contribution is 2.38. The predicted molar refractivity (Wildman–Crippen MR) is 95.9 cm³/mol. The normalized spacial score (nSPS) is 13.8. The minimum Gasteiger partial charge on any atom is -0.435 e. The number of halogens is 2. The van der Waals surface area contributed by atoms with Gasteiger partial charge >= 0.3 is 6.61 Å². The van der Waals surface area contributed by atoms with Crippen LogP contribution in [0.1, 0.15) is 16.8 Å². The monoisotopic (exact) mass is 340 g/mol. The molecular weight excluding hydrogens is 322 g/mol. The van der Waals surface area contributed by atoms with E-state index in [0.717, 1.165) is 22.5 Å². The molecule has 0 atom stereocenters. The first-order chi connectivity index (χ1) is 11.9. The van der Waals surface area contributed by atoms with E-state index in [0.29, 0.717) is 6.54 Å². The number of anilines is 1. The SMILES string of the molecule is C=C1c2cc(OC(F)F)ccc2CN1c1ccc2c(c1)cc(C)n2C. The minimum atomic E-state index is -2.83. The van der Waals surface area contributed by atoms with Crippen LogP contribution >= 0.6 is 0 Å². The Morgan fingerprint density at radius 1 is 1.12 bits per heavy atom. The first-order valence-corrected chi connectivity index (χ1v) is 8.04. The van der Waals surface area contributed by atoms with E-state index in [9.17, 15) is 8.78 Å². The molecule has 5 heteroatoms. The van der Waals surface area contributed by atoms with Gasteiger partial charge in [0.15, 0.2) is 0 Å². The summed E-state index contributed by atoms with van der Waals surface area (Å²) < 4.78 is 31.5. The first kappa shape index (κ1) is 15.7. The number of fused-ring (bicyclic) bond motifs is 2. The zero-order valence-corrected chi connectivity index (χ0v) is 14.1. The number of aromatic nitrogens is 1. The molecule has 0 radical (unpaired) electrons. The zero-order chi connectivity index (χ0) is 17.7. The Bertz CT molecular complexity index is 991. The van der Waals surface area contributed by atoms with Gasteiger partial charge in [0, 0.05) is 47.1 Å². The van der Waals surface area contributed by atoms with Gasteiger partial charge in [-0.1, -0.05) is 12.6 Å². The smallest absolute Gasteiger partial charge is 0.387 e. The van der Waals surface area contributed by atoms with Crippen molar-refractivity contribution >= 4 is 22.3 Å². The number of hydrogen-bond acceptors (Lipinski definition) is 2. The fourth-order valence-corrected chi connectivity index (χ4v) is 3.44. The molecule has 3 nitrogen and oxygen atoms in total. The Morgan fingerprint density at radius 2 is 1.92 bits per heavy atom. The molecular formula is C20H18F2N2O. The maximum absolute atomic E-state index is 12.4. The molecule has 0 spiro atoms. The van der Waals surface area contributed by atoms with Crippen LogP contribution in [-0.2, 0) is 13.6 Å². The third-order valence-corrected chi connectivity index (χ3v) is 4.85. The Hall–Kier alpha value is -2.82. The highest BCUT2D eigenvalue weighted by Gasteiger charge is 2.24. The molecule has 0 N–H and O–H groups in total. The van der Waals surface area contributed by atoms with E-state index < -0.39 is 6.61 Å². The van der Waals surface area contributed by atoms with Crippen LogP contribution < -0.4 is 9.64 Å². The Kier molecular flexibility index (Phi) is 3.53. The number of alkyl halides is 2. The molecule has 2 aromatic carbocycles. The fourth-order valence-electron chi connectivity index (χ4n) is 3.44. The van der Waals surface area contributed by atoms with Crippen molar-refractivity contribution in [2.24, 2.45) is 7.05 Å². The van der Waals surface area contributed by atoms with Gasteiger partial charge in [-0.2, -0.15) is 8.78 Å². The lowest BCUT2D eigenvalue weighted by Crippen LogP contribution is -2.12. The van der Waals surface area contributed by atoms with E-state index in [-0.39, 0.29) is 5.75 Å². The molecule has 128 valence electrons. The largest absolute Gasteiger partial charge is 0.435 e. The van der Waals surface area contributed by atoms with Crippen molar-refractivity contribution in [3.05, 3.63) is 65.9 Å². The van der Waals surface area contributed by atoms with Crippen molar-refractivity contribution in [2.75, 3.05) is 4.90 Å². The molecule has 0 fully saturated rings. The number of rotatable bonds is 3. The molecule has 3 aromatic rings. The molecule has 0 unspecified atom stereocenters. The molecule has 0 saturated heterocycles. The number of benzene rings is 2. The zero-order valence-electron chi connectivity index (χ0n) is 14.1. The van der Waals surface area contributed by atoms with Crippen LogP contribution in [0.25, 0.3) is 16.6 Å². The van der Waals surface area contributed by atoms with E-state index in [1.165, 1.54) is 16.6 Å². The van der Waals surface area contributed by atoms with Crippen molar-refractivity contribution in [3.63, 3.8) is 0 Å². The lowest BCUT2D eigenvalue weighted by Gasteiger charge is -2.19. The summed E-state index contributed by atoms with van der Waals surface area (Å²) in [6.45, 7) is 4.07. The van der Waals surface area contributed by atoms with Gasteiger partial charge in [0.05, 0.1) is 0 Å². The third kappa shape index (κ3) is 2.56. The summed E-state index contributed by atoms with van der Waals surface area (Å²) in [6, 6.07) is 13.5. The average Bonchev–Trinajstić information content (AvgIpc) is 3.04. The molecule has 1 aromatic heterocycles. The summed E-state index contributed by atoms with van der Waals surface area (Å²) in [5.41, 5.74) is 6.11. The van der Waals surface area contributed by atoms with Crippen molar-refractivity contribution in [2.45, 2.75) is 20.1 Å². The van der Waals surface area contributed by atoms with E-state index in [1.807, 2.05) is 13.1 Å². The second-order valence-electron chi connectivity index (χ2n) is 6.32. The van der Waals surface area contributed by atoms with Gasteiger partial charge in [-0.25, -0.2) is 0 Å². The van der Waals surface area contributed by atoms with Crippen LogP contribution in [0, 0.1) is 6.92 Å². The molecule has 1 aliphatic heterocycles. The van der Waals surface area contributed by atoms with Crippen LogP contribution in [0.4, 0.5) is 14.5 Å². The standard InChI is InChI=1S/C20H18F2N2O/c1-12-8-15-9-16(5-7-19(15)23(12)3)24-11-14-4-6-17(25-20(21)22)10-18(14)13(24)2/h4-10,20H,2,11H2,1,3H3. The second-order valence-corrected chi connectivity index (χ2v) is 6.32. The van der Waals surface area contributed by atoms with Crippen LogP contribution in [-0.4, -0.2) is 11.2 Å². The van der Waals surface area contributed by atoms with Gasteiger partial charge in [0.1, 0.15) is 5.75 Å². The lowest BCUT2D eigenvalue weighted by atomic mass is 10.1. The van der Waals surface area contributed by atoms with Gasteiger partial charge in [0.25, 0.3) is 0 Å². The Labute approximate surface area is 144 Å². The van der Waals surface area contributed by atoms with Crippen LogP contribution in [0.3, 0.4) is 0 Å². The Morgan fingerprint density at radius 3 is 2.68 bits per heavy atom. The van der Waals surface area contributed by atoms with Gasteiger partial charge in [-0.05, 0) is 48.9 Å². The van der Waals surface area contributed by atoms with E-state index >= 15 is 0 Å². The summed E-state index contributed by atoms with van der Waals surface area (Å²) >= 11 is 0. The average molecular weight is 340 g/mol. The summed E-state index contributed by atoms with van der Waals surface area (Å²) in [5, 5.41) is 1.17. The van der Waals surface area contributed by atoms with E-state index in [4.69, 9.17) is 0 Å². The minimum absolute atomic E-state index is 0.158.